The van der Waals surface area contributed by atoms with Crippen LogP contribution in [0.2, 0.25) is 0 Å². The molecule has 0 atom stereocenters. The number of nitrogens with zero attached hydrogens (tertiary/aromatic N) is 1. The van der Waals surface area contributed by atoms with E-state index in [2.05, 4.69) is 18.0 Å². The van der Waals surface area contributed by atoms with Crippen molar-refractivity contribution in [1.29, 1.82) is 0 Å². The highest BCUT2D eigenvalue weighted by atomic mass is 32.1. The van der Waals surface area contributed by atoms with Gasteiger partial charge in [-0.25, -0.2) is 4.98 Å². The van der Waals surface area contributed by atoms with Crippen molar-refractivity contribution >= 4 is 32.9 Å². The summed E-state index contributed by atoms with van der Waals surface area (Å²) < 4.78 is 10.7. The zero-order valence-electron chi connectivity index (χ0n) is 15.9. The minimum atomic E-state index is -0.0835. The lowest BCUT2D eigenvalue weighted by Gasteiger charge is -2.09. The van der Waals surface area contributed by atoms with Crippen molar-refractivity contribution in [1.82, 2.24) is 9.97 Å². The Labute approximate surface area is 170 Å². The van der Waals surface area contributed by atoms with E-state index in [0.29, 0.717) is 29.1 Å². The molecule has 0 unspecified atom stereocenters. The Morgan fingerprint density at radius 1 is 1.14 bits per heavy atom. The van der Waals surface area contributed by atoms with Crippen LogP contribution in [0.15, 0.2) is 40.5 Å². The summed E-state index contributed by atoms with van der Waals surface area (Å²) >= 11 is 3.25. The van der Waals surface area contributed by atoms with E-state index < -0.39 is 0 Å². The normalized spacial score (nSPS) is 11.1. The van der Waals surface area contributed by atoms with Crippen LogP contribution in [0.3, 0.4) is 0 Å². The first-order chi connectivity index (χ1) is 13.6. The molecule has 3 heterocycles. The molecule has 0 radical (unpaired) electrons. The number of rotatable bonds is 6. The Balaban J connectivity index is 1.78. The fraction of sp³-hybridized carbons (Fsp3) is 0.238. The average Bonchev–Trinajstić information content (AvgIpc) is 3.35. The third-order valence-electron chi connectivity index (χ3n) is 4.59. The molecule has 0 aliphatic rings. The van der Waals surface area contributed by atoms with E-state index in [1.807, 2.05) is 29.6 Å². The molecular weight excluding hydrogens is 392 g/mol. The molecule has 0 aliphatic heterocycles. The van der Waals surface area contributed by atoms with Crippen LogP contribution in [0.5, 0.6) is 11.5 Å². The standard InChI is InChI=1S/C21H20N2O3S2/c1-4-15-18(16-6-5-9-27-16)19-20(24)22-17(23-21(19)28-15)11-12-7-8-13(25-2)14(10-12)26-3/h5-10H,4,11H2,1-3H3,(H,22,23,24). The van der Waals surface area contributed by atoms with Crippen LogP contribution in [0.25, 0.3) is 20.7 Å². The molecule has 1 N–H and O–H groups in total. The monoisotopic (exact) mass is 412 g/mol. The topological polar surface area (TPSA) is 64.2 Å². The third-order valence-corrected chi connectivity index (χ3v) is 6.71. The zero-order chi connectivity index (χ0) is 19.7. The summed E-state index contributed by atoms with van der Waals surface area (Å²) in [5, 5.41) is 2.73. The van der Waals surface area contributed by atoms with Crippen LogP contribution in [0, 0.1) is 0 Å². The molecule has 0 saturated carbocycles. The van der Waals surface area contributed by atoms with Gasteiger partial charge in [-0.1, -0.05) is 19.1 Å². The van der Waals surface area contributed by atoms with Crippen LogP contribution >= 0.6 is 22.7 Å². The van der Waals surface area contributed by atoms with Crippen molar-refractivity contribution in [2.75, 3.05) is 14.2 Å². The second-order valence-corrected chi connectivity index (χ2v) is 8.32. The molecule has 0 fully saturated rings. The second kappa shape index (κ2) is 7.77. The lowest BCUT2D eigenvalue weighted by atomic mass is 10.1. The van der Waals surface area contributed by atoms with E-state index in [0.717, 1.165) is 27.3 Å². The fourth-order valence-corrected chi connectivity index (χ4v) is 5.31. The summed E-state index contributed by atoms with van der Waals surface area (Å²) in [5.41, 5.74) is 1.94. The first kappa shape index (κ1) is 18.7. The van der Waals surface area contributed by atoms with Gasteiger partial charge < -0.3 is 14.5 Å². The van der Waals surface area contributed by atoms with Crippen LogP contribution in [0.1, 0.15) is 23.2 Å². The molecule has 144 valence electrons. The number of ether oxygens (including phenoxy) is 2. The molecule has 0 amide bonds. The van der Waals surface area contributed by atoms with Gasteiger partial charge >= 0.3 is 0 Å². The molecule has 28 heavy (non-hydrogen) atoms. The van der Waals surface area contributed by atoms with E-state index in [4.69, 9.17) is 14.5 Å². The Hall–Kier alpha value is -2.64. The molecule has 4 rings (SSSR count). The van der Waals surface area contributed by atoms with Gasteiger partial charge in [-0.05, 0) is 35.6 Å². The first-order valence-electron chi connectivity index (χ1n) is 8.94. The zero-order valence-corrected chi connectivity index (χ0v) is 17.5. The van der Waals surface area contributed by atoms with E-state index >= 15 is 0 Å². The number of fused-ring (bicyclic) bond motifs is 1. The van der Waals surface area contributed by atoms with Crippen molar-refractivity contribution in [3.05, 3.63) is 62.3 Å². The number of aromatic nitrogens is 2. The Morgan fingerprint density at radius 2 is 1.96 bits per heavy atom. The summed E-state index contributed by atoms with van der Waals surface area (Å²) in [6.45, 7) is 2.11. The highest BCUT2D eigenvalue weighted by molar-refractivity contribution is 7.20. The molecular formula is C21H20N2O3S2. The number of hydrogen-bond acceptors (Lipinski definition) is 6. The molecule has 0 spiro atoms. The number of benzene rings is 1. The number of methoxy groups -OCH3 is 2. The lowest BCUT2D eigenvalue weighted by molar-refractivity contribution is 0.354. The summed E-state index contributed by atoms with van der Waals surface area (Å²) in [4.78, 5) is 23.8. The quantitative estimate of drug-likeness (QED) is 0.490. The van der Waals surface area contributed by atoms with Gasteiger partial charge in [-0.2, -0.15) is 0 Å². The van der Waals surface area contributed by atoms with Gasteiger partial charge in [0.2, 0.25) is 0 Å². The maximum Gasteiger partial charge on any atom is 0.260 e. The number of thiophene rings is 2. The maximum atomic E-state index is 12.9. The van der Waals surface area contributed by atoms with E-state index in [1.54, 1.807) is 36.9 Å². The SMILES string of the molecule is CCc1sc2nc(Cc3ccc(OC)c(OC)c3)[nH]c(=O)c2c1-c1cccs1. The largest absolute Gasteiger partial charge is 0.493 e. The lowest BCUT2D eigenvalue weighted by Crippen LogP contribution is -2.11. The number of aromatic amines is 1. The molecule has 5 nitrogen and oxygen atoms in total. The summed E-state index contributed by atoms with van der Waals surface area (Å²) in [6.07, 6.45) is 1.39. The first-order valence-corrected chi connectivity index (χ1v) is 10.6. The molecule has 0 saturated heterocycles. The average molecular weight is 413 g/mol. The van der Waals surface area contributed by atoms with E-state index in [-0.39, 0.29) is 5.56 Å². The Bertz CT molecular complexity index is 1180. The van der Waals surface area contributed by atoms with E-state index in [1.165, 1.54) is 4.88 Å². The van der Waals surface area contributed by atoms with Crippen LogP contribution < -0.4 is 15.0 Å². The van der Waals surface area contributed by atoms with Gasteiger partial charge in [0, 0.05) is 21.7 Å². The van der Waals surface area contributed by atoms with Gasteiger partial charge in [0.25, 0.3) is 5.56 Å². The highest BCUT2D eigenvalue weighted by Crippen LogP contribution is 2.38. The second-order valence-electron chi connectivity index (χ2n) is 6.29. The van der Waals surface area contributed by atoms with Gasteiger partial charge in [0.15, 0.2) is 11.5 Å². The number of nitrogens with one attached hydrogen (secondary N) is 1. The van der Waals surface area contributed by atoms with Crippen molar-refractivity contribution in [2.45, 2.75) is 19.8 Å². The van der Waals surface area contributed by atoms with Crippen LogP contribution in [0.4, 0.5) is 0 Å². The van der Waals surface area contributed by atoms with Gasteiger partial charge in [0.05, 0.1) is 19.6 Å². The minimum absolute atomic E-state index is 0.0835. The Morgan fingerprint density at radius 3 is 2.64 bits per heavy atom. The summed E-state index contributed by atoms with van der Waals surface area (Å²) in [5.74, 6) is 1.98. The molecule has 4 aromatic rings. The van der Waals surface area contributed by atoms with Crippen LogP contribution in [-0.2, 0) is 12.8 Å². The van der Waals surface area contributed by atoms with Gasteiger partial charge in [-0.3, -0.25) is 4.79 Å². The number of H-pyrrole nitrogens is 1. The minimum Gasteiger partial charge on any atom is -0.493 e. The molecule has 3 aromatic heterocycles. The number of aryl methyl sites for hydroxylation is 1. The molecule has 0 bridgehead atoms. The smallest absolute Gasteiger partial charge is 0.260 e. The molecule has 0 aliphatic carbocycles. The predicted octanol–water partition coefficient (Wildman–Crippen LogP) is 4.88. The van der Waals surface area contributed by atoms with Crippen molar-refractivity contribution < 1.29 is 9.47 Å². The summed E-state index contributed by atoms with van der Waals surface area (Å²) in [6, 6.07) is 9.79. The van der Waals surface area contributed by atoms with Crippen LogP contribution in [-0.4, -0.2) is 24.2 Å². The van der Waals surface area contributed by atoms with Crippen molar-refractivity contribution in [3.63, 3.8) is 0 Å². The molecule has 1 aromatic carbocycles. The Kier molecular flexibility index (Phi) is 5.19. The van der Waals surface area contributed by atoms with Crippen molar-refractivity contribution in [2.24, 2.45) is 0 Å². The highest BCUT2D eigenvalue weighted by Gasteiger charge is 2.19. The summed E-state index contributed by atoms with van der Waals surface area (Å²) in [7, 11) is 3.22. The fourth-order valence-electron chi connectivity index (χ4n) is 3.30. The van der Waals surface area contributed by atoms with Gasteiger partial charge in [0.1, 0.15) is 10.7 Å². The maximum absolute atomic E-state index is 12.9. The third kappa shape index (κ3) is 3.31. The van der Waals surface area contributed by atoms with E-state index in [9.17, 15) is 4.79 Å². The van der Waals surface area contributed by atoms with Crippen molar-refractivity contribution in [3.8, 4) is 21.9 Å². The number of hydrogen-bond donors (Lipinski definition) is 1. The van der Waals surface area contributed by atoms with Gasteiger partial charge in [-0.15, -0.1) is 22.7 Å². The molecule has 7 heteroatoms. The predicted molar refractivity (Wildman–Crippen MR) is 115 cm³/mol.